The summed E-state index contributed by atoms with van der Waals surface area (Å²) in [5, 5.41) is 1.88. The lowest BCUT2D eigenvalue weighted by atomic mass is 10.1. The average Bonchev–Trinajstić information content (AvgIpc) is 3.27. The summed E-state index contributed by atoms with van der Waals surface area (Å²) in [6.07, 6.45) is -4.42. The molecular weight excluding hydrogens is 413 g/mol. The monoisotopic (exact) mass is 432 g/mol. The summed E-state index contributed by atoms with van der Waals surface area (Å²) in [7, 11) is 0. The minimum Gasteiger partial charge on any atom is -0.353 e. The van der Waals surface area contributed by atoms with Gasteiger partial charge in [-0.05, 0) is 30.5 Å². The van der Waals surface area contributed by atoms with E-state index >= 15 is 0 Å². The molecule has 9 heteroatoms. The molecule has 1 aliphatic rings. The Kier molecular flexibility index (Phi) is 5.46. The zero-order chi connectivity index (χ0) is 21.3. The van der Waals surface area contributed by atoms with Gasteiger partial charge < -0.3 is 9.80 Å². The highest BCUT2D eigenvalue weighted by atomic mass is 32.1. The van der Waals surface area contributed by atoms with E-state index in [2.05, 4.69) is 9.97 Å². The number of rotatable bonds is 3. The number of aryl methyl sites for hydroxylation is 1. The van der Waals surface area contributed by atoms with E-state index in [1.54, 1.807) is 13.0 Å². The van der Waals surface area contributed by atoms with Gasteiger partial charge in [-0.25, -0.2) is 9.97 Å². The van der Waals surface area contributed by atoms with Crippen molar-refractivity contribution in [2.75, 3.05) is 31.1 Å². The van der Waals surface area contributed by atoms with Crippen molar-refractivity contribution in [3.8, 4) is 11.4 Å². The summed E-state index contributed by atoms with van der Waals surface area (Å²) in [5.74, 6) is 0.930. The van der Waals surface area contributed by atoms with Crippen LogP contribution in [0.2, 0.25) is 0 Å². The van der Waals surface area contributed by atoms with Crippen molar-refractivity contribution in [1.82, 2.24) is 14.9 Å². The van der Waals surface area contributed by atoms with Gasteiger partial charge in [0.1, 0.15) is 5.82 Å². The second kappa shape index (κ2) is 8.06. The Bertz CT molecular complexity index is 1040. The molecule has 0 unspecified atom stereocenters. The Labute approximate surface area is 175 Å². The first kappa shape index (κ1) is 20.3. The molecule has 156 valence electrons. The van der Waals surface area contributed by atoms with E-state index in [0.29, 0.717) is 48.1 Å². The normalized spacial score (nSPS) is 14.8. The molecule has 1 fully saturated rings. The minimum absolute atomic E-state index is 0.0215. The van der Waals surface area contributed by atoms with Gasteiger partial charge in [0, 0.05) is 43.5 Å². The molecule has 5 nitrogen and oxygen atoms in total. The number of carbonyl (C=O) groups is 1. The zero-order valence-corrected chi connectivity index (χ0v) is 17.0. The van der Waals surface area contributed by atoms with E-state index in [4.69, 9.17) is 0 Å². The van der Waals surface area contributed by atoms with Crippen molar-refractivity contribution in [2.45, 2.75) is 13.1 Å². The summed E-state index contributed by atoms with van der Waals surface area (Å²) in [4.78, 5) is 25.9. The van der Waals surface area contributed by atoms with Crippen LogP contribution in [-0.4, -0.2) is 47.0 Å². The molecular formula is C21H19F3N4OS. The van der Waals surface area contributed by atoms with Crippen molar-refractivity contribution in [3.63, 3.8) is 0 Å². The molecule has 2 aromatic heterocycles. The maximum Gasteiger partial charge on any atom is 0.416 e. The topological polar surface area (TPSA) is 49.3 Å². The van der Waals surface area contributed by atoms with Crippen LogP contribution in [0.5, 0.6) is 0 Å². The fourth-order valence-corrected chi connectivity index (χ4v) is 4.06. The van der Waals surface area contributed by atoms with E-state index in [1.165, 1.54) is 17.4 Å². The van der Waals surface area contributed by atoms with Gasteiger partial charge in [0.05, 0.1) is 10.4 Å². The fourth-order valence-electron chi connectivity index (χ4n) is 3.37. The van der Waals surface area contributed by atoms with E-state index in [0.717, 1.165) is 12.1 Å². The van der Waals surface area contributed by atoms with Crippen LogP contribution < -0.4 is 4.90 Å². The fraction of sp³-hybridized carbons (Fsp3) is 0.286. The maximum atomic E-state index is 13.1. The van der Waals surface area contributed by atoms with E-state index in [9.17, 15) is 18.0 Å². The number of halogens is 3. The third-order valence-corrected chi connectivity index (χ3v) is 5.77. The average molecular weight is 432 g/mol. The Morgan fingerprint density at radius 2 is 1.80 bits per heavy atom. The summed E-state index contributed by atoms with van der Waals surface area (Å²) in [6.45, 7) is 4.08. The van der Waals surface area contributed by atoms with Crippen molar-refractivity contribution in [2.24, 2.45) is 0 Å². The van der Waals surface area contributed by atoms with Gasteiger partial charge in [-0.1, -0.05) is 18.2 Å². The van der Waals surface area contributed by atoms with Crippen LogP contribution in [0.15, 0.2) is 47.8 Å². The highest BCUT2D eigenvalue weighted by Crippen LogP contribution is 2.32. The van der Waals surface area contributed by atoms with Crippen LogP contribution in [0, 0.1) is 6.92 Å². The highest BCUT2D eigenvalue weighted by molar-refractivity contribution is 7.12. The number of benzene rings is 1. The first-order valence-electron chi connectivity index (χ1n) is 9.42. The lowest BCUT2D eigenvalue weighted by Crippen LogP contribution is -2.49. The number of aromatic nitrogens is 2. The Morgan fingerprint density at radius 3 is 2.47 bits per heavy atom. The maximum absolute atomic E-state index is 13.1. The number of hydrogen-bond acceptors (Lipinski definition) is 5. The van der Waals surface area contributed by atoms with Gasteiger partial charge in [0.2, 0.25) is 0 Å². The lowest BCUT2D eigenvalue weighted by molar-refractivity contribution is -0.137. The second-order valence-corrected chi connectivity index (χ2v) is 7.97. The predicted molar refractivity (Wildman–Crippen MR) is 110 cm³/mol. The largest absolute Gasteiger partial charge is 0.416 e. The number of anilines is 1. The standard InChI is InChI=1S/C21H19F3N4OS/c1-14-12-18(26-19(25-14)15-4-2-5-16(13-15)21(22,23)24)27-7-9-28(10-8-27)20(29)17-6-3-11-30-17/h2-6,11-13H,7-10H2,1H3. The molecule has 0 radical (unpaired) electrons. The molecule has 1 saturated heterocycles. The van der Waals surface area contributed by atoms with Crippen LogP contribution in [0.4, 0.5) is 19.0 Å². The van der Waals surface area contributed by atoms with E-state index in [1.807, 2.05) is 33.4 Å². The van der Waals surface area contributed by atoms with Gasteiger partial charge in [-0.3, -0.25) is 4.79 Å². The number of thiophene rings is 1. The summed E-state index contributed by atoms with van der Waals surface area (Å²) in [5.41, 5.74) is 0.262. The molecule has 4 rings (SSSR count). The minimum atomic E-state index is -4.42. The molecule has 30 heavy (non-hydrogen) atoms. The molecule has 0 aliphatic carbocycles. The molecule has 3 aromatic rings. The predicted octanol–water partition coefficient (Wildman–Crippen LogP) is 4.49. The van der Waals surface area contributed by atoms with Crippen molar-refractivity contribution < 1.29 is 18.0 Å². The molecule has 0 spiro atoms. The molecule has 0 atom stereocenters. The molecule has 1 amide bonds. The van der Waals surface area contributed by atoms with Crippen molar-refractivity contribution >= 4 is 23.1 Å². The van der Waals surface area contributed by atoms with Crippen LogP contribution >= 0.6 is 11.3 Å². The Balaban J connectivity index is 1.53. The Hall–Kier alpha value is -2.94. The van der Waals surface area contributed by atoms with Crippen LogP contribution in [0.3, 0.4) is 0 Å². The van der Waals surface area contributed by atoms with Crippen LogP contribution in [-0.2, 0) is 6.18 Å². The number of alkyl halides is 3. The highest BCUT2D eigenvalue weighted by Gasteiger charge is 2.31. The van der Waals surface area contributed by atoms with Gasteiger partial charge in [-0.15, -0.1) is 11.3 Å². The number of amides is 1. The van der Waals surface area contributed by atoms with Crippen molar-refractivity contribution in [1.29, 1.82) is 0 Å². The number of hydrogen-bond donors (Lipinski definition) is 0. The number of piperazine rings is 1. The number of carbonyl (C=O) groups excluding carboxylic acids is 1. The molecule has 0 bridgehead atoms. The summed E-state index contributed by atoms with van der Waals surface area (Å²) in [6, 6.07) is 10.5. The third-order valence-electron chi connectivity index (χ3n) is 4.91. The van der Waals surface area contributed by atoms with Crippen LogP contribution in [0.25, 0.3) is 11.4 Å². The van der Waals surface area contributed by atoms with Crippen LogP contribution in [0.1, 0.15) is 20.9 Å². The molecule has 3 heterocycles. The first-order valence-corrected chi connectivity index (χ1v) is 10.3. The van der Waals surface area contributed by atoms with E-state index in [-0.39, 0.29) is 11.7 Å². The zero-order valence-electron chi connectivity index (χ0n) is 16.2. The molecule has 0 saturated carbocycles. The van der Waals surface area contributed by atoms with Gasteiger partial charge >= 0.3 is 6.18 Å². The summed E-state index contributed by atoms with van der Waals surface area (Å²) >= 11 is 1.42. The lowest BCUT2D eigenvalue weighted by Gasteiger charge is -2.35. The second-order valence-electron chi connectivity index (χ2n) is 7.03. The molecule has 0 N–H and O–H groups in total. The quantitative estimate of drug-likeness (QED) is 0.612. The van der Waals surface area contributed by atoms with Crippen molar-refractivity contribution in [3.05, 3.63) is 64.0 Å². The third kappa shape index (κ3) is 4.30. The smallest absolute Gasteiger partial charge is 0.353 e. The van der Waals surface area contributed by atoms with E-state index < -0.39 is 11.7 Å². The van der Waals surface area contributed by atoms with Gasteiger partial charge in [0.15, 0.2) is 5.82 Å². The molecule has 1 aliphatic heterocycles. The summed E-state index contributed by atoms with van der Waals surface area (Å²) < 4.78 is 39.2. The number of nitrogens with zero attached hydrogens (tertiary/aromatic N) is 4. The SMILES string of the molecule is Cc1cc(N2CCN(C(=O)c3cccs3)CC2)nc(-c2cccc(C(F)(F)F)c2)n1. The first-order chi connectivity index (χ1) is 14.3. The Morgan fingerprint density at radius 1 is 1.03 bits per heavy atom. The van der Waals surface area contributed by atoms with Gasteiger partial charge in [-0.2, -0.15) is 13.2 Å². The van der Waals surface area contributed by atoms with Gasteiger partial charge in [0.25, 0.3) is 5.91 Å². The molecule has 1 aromatic carbocycles.